The summed E-state index contributed by atoms with van der Waals surface area (Å²) in [7, 11) is 0. The molecule has 1 aliphatic heterocycles. The third kappa shape index (κ3) is 5.41. The number of aromatic nitrogens is 2. The third-order valence-electron chi connectivity index (χ3n) is 5.10. The molecule has 7 nitrogen and oxygen atoms in total. The van der Waals surface area contributed by atoms with Gasteiger partial charge in [0.1, 0.15) is 11.9 Å². The van der Waals surface area contributed by atoms with Gasteiger partial charge in [-0.3, -0.25) is 4.79 Å². The van der Waals surface area contributed by atoms with Crippen LogP contribution in [0.2, 0.25) is 10.0 Å². The number of allylic oxidation sites excluding steroid dienone is 1. The maximum Gasteiger partial charge on any atom is 0.254 e. The van der Waals surface area contributed by atoms with Crippen molar-refractivity contribution in [2.45, 2.75) is 26.8 Å². The number of amides is 1. The zero-order valence-electron chi connectivity index (χ0n) is 18.0. The van der Waals surface area contributed by atoms with Crippen LogP contribution < -0.4 is 5.32 Å². The number of halogens is 2. The molecule has 1 N–H and O–H groups in total. The minimum Gasteiger partial charge on any atom is -0.380 e. The van der Waals surface area contributed by atoms with Crippen molar-refractivity contribution in [1.29, 1.82) is 0 Å². The molecule has 1 amide bonds. The first-order valence-corrected chi connectivity index (χ1v) is 11.1. The Hall–Kier alpha value is -2.06. The van der Waals surface area contributed by atoms with E-state index in [2.05, 4.69) is 10.4 Å². The molecule has 1 aromatic heterocycles. The first-order valence-electron chi connectivity index (χ1n) is 10.4. The van der Waals surface area contributed by atoms with Gasteiger partial charge in [-0.05, 0) is 38.5 Å². The zero-order chi connectivity index (χ0) is 22.4. The van der Waals surface area contributed by atoms with E-state index in [0.717, 1.165) is 17.1 Å². The Morgan fingerprint density at radius 2 is 1.81 bits per heavy atom. The van der Waals surface area contributed by atoms with Gasteiger partial charge in [-0.25, -0.2) is 4.68 Å². The van der Waals surface area contributed by atoms with Crippen LogP contribution in [0, 0.1) is 0 Å². The molecule has 9 heteroatoms. The number of hydrogen-bond donors (Lipinski definition) is 1. The SMILES string of the molecule is CCOCCN(CCOCC)C(=O)C1=C(C)Nc2ccnn2C1c1ccc(Cl)c(Cl)c1. The number of hydrogen-bond acceptors (Lipinski definition) is 5. The highest BCUT2D eigenvalue weighted by Crippen LogP contribution is 2.38. The summed E-state index contributed by atoms with van der Waals surface area (Å²) in [6.07, 6.45) is 1.70. The van der Waals surface area contributed by atoms with Crippen LogP contribution in [-0.2, 0) is 14.3 Å². The molecule has 0 saturated carbocycles. The van der Waals surface area contributed by atoms with E-state index < -0.39 is 6.04 Å². The molecule has 0 saturated heterocycles. The molecule has 0 fully saturated rings. The van der Waals surface area contributed by atoms with Gasteiger partial charge in [0, 0.05) is 38.1 Å². The van der Waals surface area contributed by atoms with E-state index in [4.69, 9.17) is 32.7 Å². The van der Waals surface area contributed by atoms with Gasteiger partial charge in [0.25, 0.3) is 5.91 Å². The topological polar surface area (TPSA) is 68.6 Å². The van der Waals surface area contributed by atoms with E-state index >= 15 is 0 Å². The first kappa shape index (κ1) is 23.6. The van der Waals surface area contributed by atoms with E-state index in [-0.39, 0.29) is 5.91 Å². The largest absolute Gasteiger partial charge is 0.380 e. The lowest BCUT2D eigenvalue weighted by Crippen LogP contribution is -2.41. The molecule has 2 heterocycles. The Labute approximate surface area is 192 Å². The lowest BCUT2D eigenvalue weighted by atomic mass is 9.94. The number of carbonyl (C=O) groups excluding carboxylic acids is 1. The maximum absolute atomic E-state index is 13.8. The molecular weight excluding hydrogens is 439 g/mol. The normalized spacial score (nSPS) is 15.6. The van der Waals surface area contributed by atoms with Crippen molar-refractivity contribution in [2.75, 3.05) is 44.8 Å². The number of rotatable bonds is 10. The van der Waals surface area contributed by atoms with Gasteiger partial charge < -0.3 is 19.7 Å². The third-order valence-corrected chi connectivity index (χ3v) is 5.84. The van der Waals surface area contributed by atoms with Crippen LogP contribution in [0.25, 0.3) is 0 Å². The lowest BCUT2D eigenvalue weighted by molar-refractivity contribution is -0.129. The summed E-state index contributed by atoms with van der Waals surface area (Å²) in [6.45, 7) is 8.81. The van der Waals surface area contributed by atoms with Gasteiger partial charge in [0.15, 0.2) is 0 Å². The molecule has 0 bridgehead atoms. The van der Waals surface area contributed by atoms with Crippen LogP contribution in [0.5, 0.6) is 0 Å². The minimum absolute atomic E-state index is 0.0957. The lowest BCUT2D eigenvalue weighted by Gasteiger charge is -2.33. The second-order valence-electron chi connectivity index (χ2n) is 7.09. The van der Waals surface area contributed by atoms with Crippen LogP contribution in [0.3, 0.4) is 0 Å². The predicted octanol–water partition coefficient (Wildman–Crippen LogP) is 4.38. The minimum atomic E-state index is -0.435. The number of nitrogens with zero attached hydrogens (tertiary/aromatic N) is 3. The average Bonchev–Trinajstić information content (AvgIpc) is 3.21. The van der Waals surface area contributed by atoms with Gasteiger partial charge in [-0.15, -0.1) is 0 Å². The number of ether oxygens (including phenoxy) is 2. The Morgan fingerprint density at radius 1 is 1.13 bits per heavy atom. The summed E-state index contributed by atoms with van der Waals surface area (Å²) in [5.74, 6) is 0.710. The summed E-state index contributed by atoms with van der Waals surface area (Å²) in [6, 6.07) is 6.84. The molecule has 0 aliphatic carbocycles. The van der Waals surface area contributed by atoms with Crippen molar-refractivity contribution in [2.24, 2.45) is 0 Å². The van der Waals surface area contributed by atoms with Crippen LogP contribution >= 0.6 is 23.2 Å². The first-order chi connectivity index (χ1) is 15.0. The fraction of sp³-hybridized carbons (Fsp3) is 0.455. The second kappa shape index (κ2) is 11.0. The van der Waals surface area contributed by atoms with E-state index in [1.54, 1.807) is 27.9 Å². The average molecular weight is 467 g/mol. The fourth-order valence-corrected chi connectivity index (χ4v) is 3.90. The van der Waals surface area contributed by atoms with E-state index in [9.17, 15) is 4.79 Å². The fourth-order valence-electron chi connectivity index (χ4n) is 3.60. The van der Waals surface area contributed by atoms with Gasteiger partial charge >= 0.3 is 0 Å². The monoisotopic (exact) mass is 466 g/mol. The van der Waals surface area contributed by atoms with Crippen LogP contribution in [-0.4, -0.2) is 60.1 Å². The van der Waals surface area contributed by atoms with Crippen molar-refractivity contribution < 1.29 is 14.3 Å². The van der Waals surface area contributed by atoms with E-state index in [0.29, 0.717) is 55.1 Å². The predicted molar refractivity (Wildman–Crippen MR) is 123 cm³/mol. The molecule has 168 valence electrons. The summed E-state index contributed by atoms with van der Waals surface area (Å²) in [4.78, 5) is 15.5. The number of fused-ring (bicyclic) bond motifs is 1. The van der Waals surface area contributed by atoms with E-state index in [1.165, 1.54) is 0 Å². The van der Waals surface area contributed by atoms with E-state index in [1.807, 2.05) is 32.9 Å². The van der Waals surface area contributed by atoms with Gasteiger partial charge in [0.2, 0.25) is 0 Å². The highest BCUT2D eigenvalue weighted by atomic mass is 35.5. The second-order valence-corrected chi connectivity index (χ2v) is 7.90. The van der Waals surface area contributed by atoms with Crippen molar-refractivity contribution in [1.82, 2.24) is 14.7 Å². The number of anilines is 1. The smallest absolute Gasteiger partial charge is 0.254 e. The molecule has 31 heavy (non-hydrogen) atoms. The molecule has 1 aromatic carbocycles. The van der Waals surface area contributed by atoms with Crippen LogP contribution in [0.4, 0.5) is 5.82 Å². The molecule has 1 atom stereocenters. The van der Waals surface area contributed by atoms with Crippen molar-refractivity contribution in [3.05, 3.63) is 57.3 Å². The Bertz CT molecular complexity index is 935. The summed E-state index contributed by atoms with van der Waals surface area (Å²) in [5, 5.41) is 8.66. The van der Waals surface area contributed by atoms with Crippen LogP contribution in [0.1, 0.15) is 32.4 Å². The summed E-state index contributed by atoms with van der Waals surface area (Å²) in [5.41, 5.74) is 2.20. The highest BCUT2D eigenvalue weighted by molar-refractivity contribution is 6.42. The standard InChI is InChI=1S/C22H28Cl2N4O3/c1-4-30-12-10-27(11-13-31-5-2)22(29)20-15(3)26-19-8-9-25-28(19)21(20)16-6-7-17(23)18(24)14-16/h6-9,14,21,26H,4-5,10-13H2,1-3H3. The molecule has 1 unspecified atom stereocenters. The highest BCUT2D eigenvalue weighted by Gasteiger charge is 2.35. The van der Waals surface area contributed by atoms with Crippen LogP contribution in [0.15, 0.2) is 41.7 Å². The Balaban J connectivity index is 1.99. The number of benzene rings is 1. The quantitative estimate of drug-likeness (QED) is 0.526. The molecule has 2 aromatic rings. The molecular formula is C22H28Cl2N4O3. The van der Waals surface area contributed by atoms with Gasteiger partial charge in [0.05, 0.1) is 35.0 Å². The number of carbonyl (C=O) groups is 1. The Kier molecular flexibility index (Phi) is 8.37. The number of nitrogens with one attached hydrogen (secondary N) is 1. The molecule has 0 radical (unpaired) electrons. The van der Waals surface area contributed by atoms with Gasteiger partial charge in [-0.2, -0.15) is 5.10 Å². The maximum atomic E-state index is 13.8. The molecule has 0 spiro atoms. The van der Waals surface area contributed by atoms with Gasteiger partial charge in [-0.1, -0.05) is 29.3 Å². The summed E-state index contributed by atoms with van der Waals surface area (Å²) >= 11 is 12.4. The summed E-state index contributed by atoms with van der Waals surface area (Å²) < 4.78 is 12.8. The Morgan fingerprint density at radius 3 is 2.42 bits per heavy atom. The van der Waals surface area contributed by atoms with Crippen molar-refractivity contribution >= 4 is 34.9 Å². The van der Waals surface area contributed by atoms with Crippen molar-refractivity contribution in [3.63, 3.8) is 0 Å². The van der Waals surface area contributed by atoms with Crippen molar-refractivity contribution in [3.8, 4) is 0 Å². The zero-order valence-corrected chi connectivity index (χ0v) is 19.5. The molecule has 3 rings (SSSR count). The molecule has 1 aliphatic rings.